The summed E-state index contributed by atoms with van der Waals surface area (Å²) in [5, 5.41) is 9.03. The molecule has 6 nitrogen and oxygen atoms in total. The van der Waals surface area contributed by atoms with E-state index in [0.29, 0.717) is 17.3 Å². The van der Waals surface area contributed by atoms with Crippen molar-refractivity contribution in [2.45, 2.75) is 36.7 Å². The van der Waals surface area contributed by atoms with Crippen LogP contribution in [0.2, 0.25) is 0 Å². The smallest absolute Gasteiger partial charge is 0.228 e. The van der Waals surface area contributed by atoms with Gasteiger partial charge in [0.2, 0.25) is 5.95 Å². The van der Waals surface area contributed by atoms with Gasteiger partial charge >= 0.3 is 0 Å². The van der Waals surface area contributed by atoms with Crippen LogP contribution in [-0.4, -0.2) is 38.9 Å². The molecule has 3 aromatic rings. The molecule has 8 heteroatoms. The number of rotatable bonds is 7. The summed E-state index contributed by atoms with van der Waals surface area (Å²) in [6.45, 7) is 4.24. The topological polar surface area (TPSA) is 64.2 Å². The second kappa shape index (κ2) is 8.18. The third-order valence-corrected chi connectivity index (χ3v) is 5.84. The molecule has 1 aliphatic rings. The number of anilines is 1. The number of hydrogen-bond acceptors (Lipinski definition) is 6. The Morgan fingerprint density at radius 2 is 1.96 bits per heavy atom. The average molecular weight is 400 g/mol. The molecule has 2 aromatic heterocycles. The quantitative estimate of drug-likeness (QED) is 0.441. The van der Waals surface area contributed by atoms with Crippen molar-refractivity contribution in [1.29, 1.82) is 0 Å². The Bertz CT molecular complexity index is 934. The van der Waals surface area contributed by atoms with Gasteiger partial charge in [-0.05, 0) is 56.2 Å². The monoisotopic (exact) mass is 400 g/mol. The Balaban J connectivity index is 1.57. The summed E-state index contributed by atoms with van der Waals surface area (Å²) in [7, 11) is 0. The van der Waals surface area contributed by atoms with Crippen LogP contribution in [0.1, 0.15) is 35.9 Å². The number of furan rings is 1. The first-order valence-corrected chi connectivity index (χ1v) is 10.2. The number of ketones is 1. The van der Waals surface area contributed by atoms with Crippen molar-refractivity contribution in [2.24, 2.45) is 0 Å². The fraction of sp³-hybridized carbons (Fsp3) is 0.350. The van der Waals surface area contributed by atoms with Gasteiger partial charge in [-0.3, -0.25) is 9.36 Å². The SMILES string of the molecule is C[C@H](Sc1nnc(N2CCCC2)n1Cc1ccco1)C(=O)c1ccc(F)cc1. The van der Waals surface area contributed by atoms with Crippen LogP contribution in [-0.2, 0) is 6.54 Å². The molecule has 146 valence electrons. The molecule has 28 heavy (non-hydrogen) atoms. The van der Waals surface area contributed by atoms with Crippen LogP contribution in [0.3, 0.4) is 0 Å². The van der Waals surface area contributed by atoms with Crippen LogP contribution in [0.4, 0.5) is 10.3 Å². The van der Waals surface area contributed by atoms with Crippen molar-refractivity contribution >= 4 is 23.5 Å². The first-order valence-electron chi connectivity index (χ1n) is 9.29. The molecule has 1 saturated heterocycles. The lowest BCUT2D eigenvalue weighted by Gasteiger charge is -2.18. The van der Waals surface area contributed by atoms with Crippen LogP contribution in [0.15, 0.2) is 52.2 Å². The number of hydrogen-bond donors (Lipinski definition) is 0. The van der Waals surface area contributed by atoms with E-state index in [1.54, 1.807) is 6.26 Å². The standard InChI is InChI=1S/C20H21FN4O2S/c1-14(18(26)15-6-8-16(21)9-7-15)28-20-23-22-19(24-10-2-3-11-24)25(20)13-17-5-4-12-27-17/h4-9,12,14H,2-3,10-11,13H2,1H3/t14-/m0/s1. The lowest BCUT2D eigenvalue weighted by molar-refractivity contribution is 0.0994. The summed E-state index contributed by atoms with van der Waals surface area (Å²) >= 11 is 1.36. The van der Waals surface area contributed by atoms with Crippen LogP contribution in [0.25, 0.3) is 0 Å². The minimum Gasteiger partial charge on any atom is -0.467 e. The van der Waals surface area contributed by atoms with E-state index in [9.17, 15) is 9.18 Å². The molecule has 0 aliphatic carbocycles. The Morgan fingerprint density at radius 1 is 1.21 bits per heavy atom. The highest BCUT2D eigenvalue weighted by Crippen LogP contribution is 2.29. The van der Waals surface area contributed by atoms with E-state index in [-0.39, 0.29) is 16.9 Å². The molecule has 0 bridgehead atoms. The van der Waals surface area contributed by atoms with E-state index >= 15 is 0 Å². The molecule has 0 amide bonds. The lowest BCUT2D eigenvalue weighted by Crippen LogP contribution is -2.23. The van der Waals surface area contributed by atoms with E-state index in [4.69, 9.17) is 4.42 Å². The molecule has 4 rings (SSSR count). The third-order valence-electron chi connectivity index (χ3n) is 4.76. The zero-order valence-electron chi connectivity index (χ0n) is 15.5. The van der Waals surface area contributed by atoms with Gasteiger partial charge in [-0.1, -0.05) is 11.8 Å². The van der Waals surface area contributed by atoms with Gasteiger partial charge in [-0.15, -0.1) is 10.2 Å². The van der Waals surface area contributed by atoms with Crippen molar-refractivity contribution in [3.05, 3.63) is 59.8 Å². The van der Waals surface area contributed by atoms with Crippen LogP contribution >= 0.6 is 11.8 Å². The predicted octanol–water partition coefficient (Wildman–Crippen LogP) is 4.02. The van der Waals surface area contributed by atoms with Gasteiger partial charge in [0.25, 0.3) is 0 Å². The van der Waals surface area contributed by atoms with E-state index in [2.05, 4.69) is 15.1 Å². The summed E-state index contributed by atoms with van der Waals surface area (Å²) in [5.74, 6) is 1.18. The summed E-state index contributed by atoms with van der Waals surface area (Å²) in [6, 6.07) is 9.39. The first-order chi connectivity index (χ1) is 13.6. The van der Waals surface area contributed by atoms with Crippen LogP contribution in [0, 0.1) is 5.82 Å². The van der Waals surface area contributed by atoms with E-state index < -0.39 is 0 Å². The first kappa shape index (κ1) is 18.7. The highest BCUT2D eigenvalue weighted by molar-refractivity contribution is 8.00. The van der Waals surface area contributed by atoms with Crippen molar-refractivity contribution in [1.82, 2.24) is 14.8 Å². The molecule has 0 radical (unpaired) electrons. The number of benzene rings is 1. The van der Waals surface area contributed by atoms with Crippen molar-refractivity contribution in [2.75, 3.05) is 18.0 Å². The largest absolute Gasteiger partial charge is 0.467 e. The van der Waals surface area contributed by atoms with Gasteiger partial charge in [0.15, 0.2) is 10.9 Å². The zero-order chi connectivity index (χ0) is 19.5. The highest BCUT2D eigenvalue weighted by Gasteiger charge is 2.25. The van der Waals surface area contributed by atoms with Crippen molar-refractivity contribution in [3.8, 4) is 0 Å². The lowest BCUT2D eigenvalue weighted by atomic mass is 10.1. The molecule has 0 saturated carbocycles. The normalized spacial score (nSPS) is 15.1. The van der Waals surface area contributed by atoms with Crippen LogP contribution < -0.4 is 4.90 Å². The Labute approximate surface area is 166 Å². The van der Waals surface area contributed by atoms with E-state index in [0.717, 1.165) is 37.6 Å². The number of nitrogens with zero attached hydrogens (tertiary/aromatic N) is 4. The molecular formula is C20H21FN4O2S. The van der Waals surface area contributed by atoms with Crippen molar-refractivity contribution in [3.63, 3.8) is 0 Å². The fourth-order valence-corrected chi connectivity index (χ4v) is 4.20. The summed E-state index contributed by atoms with van der Waals surface area (Å²) in [4.78, 5) is 14.9. The maximum Gasteiger partial charge on any atom is 0.228 e. The van der Waals surface area contributed by atoms with Gasteiger partial charge in [-0.25, -0.2) is 4.39 Å². The number of Topliss-reactive ketones (excluding diaryl/α,β-unsaturated/α-hetero) is 1. The van der Waals surface area contributed by atoms with Crippen molar-refractivity contribution < 1.29 is 13.6 Å². The number of thioether (sulfide) groups is 1. The molecular weight excluding hydrogens is 379 g/mol. The minimum absolute atomic E-state index is 0.0692. The number of carbonyl (C=O) groups excluding carboxylic acids is 1. The number of carbonyl (C=O) groups is 1. The third kappa shape index (κ3) is 3.96. The fourth-order valence-electron chi connectivity index (χ4n) is 3.28. The zero-order valence-corrected chi connectivity index (χ0v) is 16.4. The Hall–Kier alpha value is -2.61. The second-order valence-electron chi connectivity index (χ2n) is 6.77. The van der Waals surface area contributed by atoms with Gasteiger partial charge in [0.1, 0.15) is 11.6 Å². The van der Waals surface area contributed by atoms with E-state index in [1.807, 2.05) is 23.6 Å². The maximum absolute atomic E-state index is 13.1. The molecule has 1 atom stereocenters. The molecule has 0 unspecified atom stereocenters. The maximum atomic E-state index is 13.1. The molecule has 1 fully saturated rings. The Morgan fingerprint density at radius 3 is 2.64 bits per heavy atom. The molecule has 1 aliphatic heterocycles. The predicted molar refractivity (Wildman–Crippen MR) is 105 cm³/mol. The van der Waals surface area contributed by atoms with Crippen LogP contribution in [0.5, 0.6) is 0 Å². The highest BCUT2D eigenvalue weighted by atomic mass is 32.2. The number of halogens is 1. The van der Waals surface area contributed by atoms with Gasteiger partial charge in [0, 0.05) is 18.7 Å². The van der Waals surface area contributed by atoms with Gasteiger partial charge in [-0.2, -0.15) is 0 Å². The second-order valence-corrected chi connectivity index (χ2v) is 8.08. The average Bonchev–Trinajstić information content (AvgIpc) is 3.45. The van der Waals surface area contributed by atoms with Gasteiger partial charge in [0.05, 0.1) is 18.1 Å². The molecule has 1 aromatic carbocycles. The summed E-state index contributed by atoms with van der Waals surface area (Å²) in [5.41, 5.74) is 0.485. The summed E-state index contributed by atoms with van der Waals surface area (Å²) < 4.78 is 20.6. The molecule has 0 spiro atoms. The molecule has 3 heterocycles. The minimum atomic E-state index is -0.378. The number of aromatic nitrogens is 3. The molecule has 0 N–H and O–H groups in total. The Kier molecular flexibility index (Phi) is 5.47. The summed E-state index contributed by atoms with van der Waals surface area (Å²) in [6.07, 6.45) is 3.91. The van der Waals surface area contributed by atoms with Gasteiger partial charge < -0.3 is 9.32 Å². The van der Waals surface area contributed by atoms with E-state index in [1.165, 1.54) is 36.0 Å².